The summed E-state index contributed by atoms with van der Waals surface area (Å²) in [7, 11) is 0. The molecule has 0 radical (unpaired) electrons. The molecule has 0 saturated heterocycles. The fraction of sp³-hybridized carbons (Fsp3) is 0.217. The predicted octanol–water partition coefficient (Wildman–Crippen LogP) is 4.09. The summed E-state index contributed by atoms with van der Waals surface area (Å²) < 4.78 is 38.7. The van der Waals surface area contributed by atoms with Crippen molar-refractivity contribution in [3.63, 3.8) is 0 Å². The predicted molar refractivity (Wildman–Crippen MR) is 117 cm³/mol. The highest BCUT2D eigenvalue weighted by Gasteiger charge is 2.32. The van der Waals surface area contributed by atoms with Crippen molar-refractivity contribution < 1.29 is 18.0 Å². The van der Waals surface area contributed by atoms with Crippen LogP contribution in [0.4, 0.5) is 19.0 Å². The lowest BCUT2D eigenvalue weighted by Gasteiger charge is -2.12. The number of aryl methyl sites for hydroxylation is 2. The maximum Gasteiger partial charge on any atom is 0.431 e. The van der Waals surface area contributed by atoms with Gasteiger partial charge in [0.1, 0.15) is 17.2 Å². The summed E-state index contributed by atoms with van der Waals surface area (Å²) in [6, 6.07) is 7.66. The number of carbonyl (C=O) groups excluding carboxylic acids is 1. The molecule has 170 valence electrons. The van der Waals surface area contributed by atoms with Crippen LogP contribution >= 0.6 is 0 Å². The number of carbonyl (C=O) groups is 1. The van der Waals surface area contributed by atoms with Crippen molar-refractivity contribution >= 4 is 22.8 Å². The van der Waals surface area contributed by atoms with Crippen molar-refractivity contribution in [1.29, 1.82) is 0 Å². The zero-order valence-corrected chi connectivity index (χ0v) is 17.9. The van der Waals surface area contributed by atoms with Crippen LogP contribution in [0.1, 0.15) is 44.1 Å². The molecule has 0 bridgehead atoms. The molecule has 4 aromatic heterocycles. The lowest BCUT2D eigenvalue weighted by atomic mass is 10.1. The molecule has 4 N–H and O–H groups in total. The molecule has 4 heterocycles. The van der Waals surface area contributed by atoms with Gasteiger partial charge in [0.2, 0.25) is 0 Å². The number of hydrogen-bond acceptors (Lipinski definition) is 5. The molecule has 0 saturated carbocycles. The first-order valence-corrected chi connectivity index (χ1v) is 10.1. The van der Waals surface area contributed by atoms with Gasteiger partial charge in [-0.1, -0.05) is 0 Å². The Morgan fingerprint density at radius 2 is 1.94 bits per heavy atom. The second kappa shape index (κ2) is 8.53. The molecule has 0 aromatic carbocycles. The van der Waals surface area contributed by atoms with Crippen LogP contribution in [0.15, 0.2) is 42.7 Å². The molecule has 10 heteroatoms. The molecule has 0 fully saturated rings. The highest BCUT2D eigenvalue weighted by atomic mass is 19.4. The number of nitrogen functional groups attached to an aromatic ring is 1. The van der Waals surface area contributed by atoms with E-state index >= 15 is 0 Å². The molecule has 4 rings (SSSR count). The number of nitrogens with one attached hydrogen (secondary N) is 2. The molecule has 4 aromatic rings. The number of anilines is 1. The number of rotatable bonds is 5. The van der Waals surface area contributed by atoms with E-state index in [1.54, 1.807) is 24.3 Å². The van der Waals surface area contributed by atoms with Gasteiger partial charge in [0.25, 0.3) is 5.91 Å². The summed E-state index contributed by atoms with van der Waals surface area (Å²) in [5, 5.41) is 3.24. The summed E-state index contributed by atoms with van der Waals surface area (Å²) in [5.74, 6) is 0.157. The zero-order valence-electron chi connectivity index (χ0n) is 17.9. The van der Waals surface area contributed by atoms with Crippen molar-refractivity contribution in [1.82, 2.24) is 25.3 Å². The van der Waals surface area contributed by atoms with E-state index in [2.05, 4.69) is 25.3 Å². The molecular formula is C23H21F3N6O. The third-order valence-corrected chi connectivity index (χ3v) is 5.30. The molecular weight excluding hydrogens is 433 g/mol. The minimum Gasteiger partial charge on any atom is -0.384 e. The van der Waals surface area contributed by atoms with Gasteiger partial charge < -0.3 is 16.0 Å². The number of nitrogens with two attached hydrogens (primary N) is 1. The van der Waals surface area contributed by atoms with E-state index in [9.17, 15) is 18.0 Å². The number of nitrogens with zero attached hydrogens (tertiary/aromatic N) is 3. The molecule has 0 aliphatic carbocycles. The van der Waals surface area contributed by atoms with Gasteiger partial charge in [-0.2, -0.15) is 13.2 Å². The Bertz CT molecular complexity index is 1320. The highest BCUT2D eigenvalue weighted by molar-refractivity contribution is 5.94. The van der Waals surface area contributed by atoms with Gasteiger partial charge in [0, 0.05) is 47.7 Å². The van der Waals surface area contributed by atoms with Crippen LogP contribution in [0.25, 0.3) is 11.0 Å². The fourth-order valence-electron chi connectivity index (χ4n) is 3.66. The van der Waals surface area contributed by atoms with Gasteiger partial charge in [-0.3, -0.25) is 9.78 Å². The Kier molecular flexibility index (Phi) is 5.75. The first kappa shape index (κ1) is 22.3. The maximum absolute atomic E-state index is 12.9. The maximum atomic E-state index is 12.9. The highest BCUT2D eigenvalue weighted by Crippen LogP contribution is 2.30. The van der Waals surface area contributed by atoms with Gasteiger partial charge in [0.15, 0.2) is 0 Å². The van der Waals surface area contributed by atoms with Crippen LogP contribution in [0.5, 0.6) is 0 Å². The minimum absolute atomic E-state index is 0.162. The Morgan fingerprint density at radius 3 is 2.67 bits per heavy atom. The molecule has 7 nitrogen and oxygen atoms in total. The second-order valence-electron chi connectivity index (χ2n) is 7.79. The van der Waals surface area contributed by atoms with Gasteiger partial charge in [-0.25, -0.2) is 9.97 Å². The van der Waals surface area contributed by atoms with Crippen LogP contribution in [-0.4, -0.2) is 25.8 Å². The van der Waals surface area contributed by atoms with Crippen LogP contribution in [0.2, 0.25) is 0 Å². The van der Waals surface area contributed by atoms with Gasteiger partial charge in [-0.15, -0.1) is 0 Å². The zero-order chi connectivity index (χ0) is 23.8. The number of alkyl halides is 3. The first-order chi connectivity index (χ1) is 15.6. The lowest BCUT2D eigenvalue weighted by molar-refractivity contribution is -0.140. The third-order valence-electron chi connectivity index (χ3n) is 5.30. The molecule has 33 heavy (non-hydrogen) atoms. The summed E-state index contributed by atoms with van der Waals surface area (Å²) in [6.45, 7) is 4.05. The van der Waals surface area contributed by atoms with Crippen LogP contribution in [-0.2, 0) is 19.1 Å². The van der Waals surface area contributed by atoms with Gasteiger partial charge >= 0.3 is 6.18 Å². The quantitative estimate of drug-likeness (QED) is 0.421. The summed E-state index contributed by atoms with van der Waals surface area (Å²) >= 11 is 0. The first-order valence-electron chi connectivity index (χ1n) is 10.1. The number of H-pyrrole nitrogens is 1. The van der Waals surface area contributed by atoms with Gasteiger partial charge in [-0.05, 0) is 60.9 Å². The van der Waals surface area contributed by atoms with Crippen molar-refractivity contribution in [2.45, 2.75) is 33.0 Å². The van der Waals surface area contributed by atoms with E-state index < -0.39 is 11.9 Å². The van der Waals surface area contributed by atoms with Crippen molar-refractivity contribution in [2.75, 3.05) is 5.73 Å². The third kappa shape index (κ3) is 4.94. The van der Waals surface area contributed by atoms with Crippen LogP contribution in [0, 0.1) is 13.8 Å². The molecule has 1 amide bonds. The largest absolute Gasteiger partial charge is 0.431 e. The number of hydrogen-bond donors (Lipinski definition) is 3. The monoisotopic (exact) mass is 454 g/mol. The van der Waals surface area contributed by atoms with E-state index in [-0.39, 0.29) is 11.6 Å². The summed E-state index contributed by atoms with van der Waals surface area (Å²) in [4.78, 5) is 27.5. The molecule has 0 atom stereocenters. The average Bonchev–Trinajstić information content (AvgIpc) is 3.17. The van der Waals surface area contributed by atoms with Crippen LogP contribution in [0.3, 0.4) is 0 Å². The van der Waals surface area contributed by atoms with E-state index in [0.717, 1.165) is 22.9 Å². The van der Waals surface area contributed by atoms with E-state index in [1.807, 2.05) is 13.8 Å². The van der Waals surface area contributed by atoms with Gasteiger partial charge in [0.05, 0.1) is 0 Å². The fourth-order valence-corrected chi connectivity index (χ4v) is 3.66. The Balaban J connectivity index is 1.48. The Hall–Kier alpha value is -3.95. The van der Waals surface area contributed by atoms with E-state index in [0.29, 0.717) is 41.0 Å². The molecule has 0 aliphatic rings. The van der Waals surface area contributed by atoms with Crippen molar-refractivity contribution in [2.24, 2.45) is 0 Å². The van der Waals surface area contributed by atoms with Crippen molar-refractivity contribution in [3.05, 3.63) is 82.1 Å². The second-order valence-corrected chi connectivity index (χ2v) is 7.79. The molecule has 0 unspecified atom stereocenters. The number of aromatic amines is 1. The normalized spacial score (nSPS) is 11.7. The lowest BCUT2D eigenvalue weighted by Crippen LogP contribution is -2.24. The number of amides is 1. The van der Waals surface area contributed by atoms with E-state index in [1.165, 1.54) is 12.4 Å². The van der Waals surface area contributed by atoms with Crippen LogP contribution < -0.4 is 11.1 Å². The Morgan fingerprint density at radius 1 is 1.15 bits per heavy atom. The van der Waals surface area contributed by atoms with E-state index in [4.69, 9.17) is 5.73 Å². The smallest absolute Gasteiger partial charge is 0.384 e. The average molecular weight is 454 g/mol. The molecule has 0 aliphatic heterocycles. The summed E-state index contributed by atoms with van der Waals surface area (Å²) in [5.41, 5.74) is 9.35. The summed E-state index contributed by atoms with van der Waals surface area (Å²) in [6.07, 6.45) is -1.14. The number of fused-ring (bicyclic) bond motifs is 1. The standard InChI is InChI=1S/C23H21F3N6O/c1-12-5-20(27)31-13(2)18(12)11-30-22(33)15-3-4-28-17(8-15)7-14-6-16-9-19(23(24,25)26)32-21(16)29-10-14/h3-6,8-10H,7,11H2,1-2H3,(H2,27,31)(H,29,32)(H,30,33). The molecule has 0 spiro atoms. The number of halogens is 3. The minimum atomic E-state index is -4.47. The SMILES string of the molecule is Cc1cc(N)nc(C)c1CNC(=O)c1ccnc(Cc2cnc3[nH]c(C(F)(F)F)cc3c2)c1. The number of pyridine rings is 3. The Labute approximate surface area is 187 Å². The number of aromatic nitrogens is 4. The topological polar surface area (TPSA) is 110 Å². The van der Waals surface area contributed by atoms with Crippen molar-refractivity contribution in [3.8, 4) is 0 Å².